The molecule has 2 aromatic heterocycles. The van der Waals surface area contributed by atoms with Crippen LogP contribution < -0.4 is 21.9 Å². The summed E-state index contributed by atoms with van der Waals surface area (Å²) in [6, 6.07) is 6.15. The number of carboxylic acids is 2. The summed E-state index contributed by atoms with van der Waals surface area (Å²) < 4.78 is 0. The van der Waals surface area contributed by atoms with Gasteiger partial charge >= 0.3 is 11.9 Å². The maximum Gasteiger partial charge on any atom is 0.329 e. The molecule has 0 aliphatic heterocycles. The number of hydrogen-bond donors (Lipinski definition) is 6. The number of aromatic nitrogens is 4. The number of carbonyl (C=O) groups is 3. The number of aromatic amines is 1. The molecule has 3 rings (SSSR count). The number of fused-ring (bicyclic) bond motifs is 1. The van der Waals surface area contributed by atoms with Gasteiger partial charge in [-0.3, -0.25) is 19.4 Å². The number of anilines is 2. The van der Waals surface area contributed by atoms with E-state index in [0.29, 0.717) is 24.2 Å². The van der Waals surface area contributed by atoms with Gasteiger partial charge in [-0.05, 0) is 49.1 Å². The average Bonchev–Trinajstić information content (AvgIpc) is 2.90. The van der Waals surface area contributed by atoms with E-state index < -0.39 is 35.4 Å². The summed E-state index contributed by atoms with van der Waals surface area (Å²) in [7, 11) is 0. The second kappa shape index (κ2) is 12.8. The fraction of sp³-hybridized carbons (Fsp3) is 0.348. The SMILES string of the molecule is [N-]=[N+]=NCCCC[C@@](CCC(=O)O)(NC(=O)c1ccc(NCc2cnc3nc(N)[nH]c(=O)c3n2)cc1)C(=O)O. The number of carboxylic acid groups (broad SMARTS) is 2. The summed E-state index contributed by atoms with van der Waals surface area (Å²) in [6.45, 7) is 0.353. The number of nitrogens with one attached hydrogen (secondary N) is 3. The van der Waals surface area contributed by atoms with Crippen molar-refractivity contribution in [3.05, 3.63) is 62.5 Å². The van der Waals surface area contributed by atoms with Gasteiger partial charge in [0.05, 0.1) is 18.4 Å². The van der Waals surface area contributed by atoms with Gasteiger partial charge < -0.3 is 26.6 Å². The van der Waals surface area contributed by atoms with E-state index in [2.05, 4.69) is 40.6 Å². The van der Waals surface area contributed by atoms with Crippen LogP contribution in [0, 0.1) is 0 Å². The zero-order chi connectivity index (χ0) is 28.4. The van der Waals surface area contributed by atoms with Crippen LogP contribution in [0.1, 0.15) is 48.2 Å². The summed E-state index contributed by atoms with van der Waals surface area (Å²) in [5, 5.41) is 28.0. The summed E-state index contributed by atoms with van der Waals surface area (Å²) in [5.41, 5.74) is 12.9. The molecule has 0 fully saturated rings. The first kappa shape index (κ1) is 28.3. The molecule has 39 heavy (non-hydrogen) atoms. The number of nitrogen functional groups attached to an aromatic ring is 1. The van der Waals surface area contributed by atoms with Crippen molar-refractivity contribution in [1.29, 1.82) is 0 Å². The first-order valence-corrected chi connectivity index (χ1v) is 11.8. The highest BCUT2D eigenvalue weighted by atomic mass is 16.4. The van der Waals surface area contributed by atoms with Crippen LogP contribution in [0.25, 0.3) is 21.6 Å². The lowest BCUT2D eigenvalue weighted by Gasteiger charge is -2.30. The van der Waals surface area contributed by atoms with Crippen LogP contribution in [0.5, 0.6) is 0 Å². The molecule has 204 valence electrons. The number of rotatable bonds is 14. The minimum absolute atomic E-state index is 0.0399. The predicted octanol–water partition coefficient (Wildman–Crippen LogP) is 1.81. The lowest BCUT2D eigenvalue weighted by molar-refractivity contribution is -0.146. The molecule has 0 unspecified atom stereocenters. The molecule has 0 bridgehead atoms. The van der Waals surface area contributed by atoms with Crippen molar-refractivity contribution >= 4 is 40.6 Å². The van der Waals surface area contributed by atoms with E-state index in [1.54, 1.807) is 12.1 Å². The molecule has 1 amide bonds. The largest absolute Gasteiger partial charge is 0.481 e. The normalized spacial score (nSPS) is 12.2. The molecule has 0 aliphatic rings. The highest BCUT2D eigenvalue weighted by molar-refractivity contribution is 5.98. The van der Waals surface area contributed by atoms with E-state index in [1.165, 1.54) is 18.3 Å². The molecule has 16 heteroatoms. The van der Waals surface area contributed by atoms with E-state index in [-0.39, 0.29) is 48.6 Å². The van der Waals surface area contributed by atoms with Gasteiger partial charge in [0.15, 0.2) is 11.2 Å². The van der Waals surface area contributed by atoms with E-state index >= 15 is 0 Å². The van der Waals surface area contributed by atoms with Gasteiger partial charge in [-0.2, -0.15) is 4.98 Å². The fourth-order valence-corrected chi connectivity index (χ4v) is 3.77. The minimum Gasteiger partial charge on any atom is -0.481 e. The first-order valence-electron chi connectivity index (χ1n) is 11.8. The topological polar surface area (TPSA) is 262 Å². The van der Waals surface area contributed by atoms with Gasteiger partial charge in [-0.25, -0.2) is 14.8 Å². The zero-order valence-corrected chi connectivity index (χ0v) is 20.6. The van der Waals surface area contributed by atoms with Crippen molar-refractivity contribution in [2.75, 3.05) is 17.6 Å². The molecule has 0 saturated heterocycles. The number of azide groups is 1. The standard InChI is InChI=1S/C23H26N10O6/c24-22-30-18-17(20(37)31-22)29-15(12-27-18)11-26-14-5-3-13(4-6-14)19(36)32-23(21(38)39,9-7-16(34)35)8-1-2-10-28-33-25/h3-6,12,26H,1-2,7-11H2,(H,32,36)(H,34,35)(H,38,39)(H3,24,27,30,31,37)/t23-/m0/s1. The summed E-state index contributed by atoms with van der Waals surface area (Å²) >= 11 is 0. The Labute approximate surface area is 220 Å². The van der Waals surface area contributed by atoms with Crippen molar-refractivity contribution in [2.45, 2.75) is 44.2 Å². The molecule has 0 aliphatic carbocycles. The van der Waals surface area contributed by atoms with Gasteiger partial charge in [-0.15, -0.1) is 0 Å². The molecular weight excluding hydrogens is 512 g/mol. The lowest BCUT2D eigenvalue weighted by atomic mass is 9.87. The molecule has 0 saturated carbocycles. The molecule has 0 spiro atoms. The van der Waals surface area contributed by atoms with Crippen LogP contribution in [-0.2, 0) is 16.1 Å². The molecular formula is C23H26N10O6. The van der Waals surface area contributed by atoms with Gasteiger partial charge in [0.25, 0.3) is 11.5 Å². The Bertz CT molecular complexity index is 1470. The zero-order valence-electron chi connectivity index (χ0n) is 20.6. The van der Waals surface area contributed by atoms with Crippen LogP contribution >= 0.6 is 0 Å². The van der Waals surface area contributed by atoms with Crippen LogP contribution in [0.3, 0.4) is 0 Å². The number of benzene rings is 1. The molecule has 1 aromatic carbocycles. The Morgan fingerprint density at radius 1 is 1.13 bits per heavy atom. The van der Waals surface area contributed by atoms with Crippen molar-refractivity contribution in [2.24, 2.45) is 5.11 Å². The van der Waals surface area contributed by atoms with Crippen molar-refractivity contribution in [1.82, 2.24) is 25.3 Å². The number of carbonyl (C=O) groups excluding carboxylic acids is 1. The Balaban J connectivity index is 1.68. The minimum atomic E-state index is -1.81. The maximum atomic E-state index is 12.9. The Kier molecular flexibility index (Phi) is 9.32. The molecule has 3 aromatic rings. The van der Waals surface area contributed by atoms with Crippen molar-refractivity contribution in [3.8, 4) is 0 Å². The number of H-pyrrole nitrogens is 1. The van der Waals surface area contributed by atoms with Crippen LogP contribution in [0.2, 0.25) is 0 Å². The van der Waals surface area contributed by atoms with E-state index in [4.69, 9.17) is 16.4 Å². The van der Waals surface area contributed by atoms with Gasteiger partial charge in [0.1, 0.15) is 5.54 Å². The number of aliphatic carboxylic acids is 2. The van der Waals surface area contributed by atoms with E-state index in [1.807, 2.05) is 0 Å². The van der Waals surface area contributed by atoms with Crippen LogP contribution in [0.4, 0.5) is 11.6 Å². The third-order valence-electron chi connectivity index (χ3n) is 5.81. The third-order valence-corrected chi connectivity index (χ3v) is 5.81. The highest BCUT2D eigenvalue weighted by Gasteiger charge is 2.40. The highest BCUT2D eigenvalue weighted by Crippen LogP contribution is 2.23. The summed E-state index contributed by atoms with van der Waals surface area (Å²) in [4.78, 5) is 65.5. The molecule has 1 atom stereocenters. The number of hydrogen-bond acceptors (Lipinski definition) is 10. The second-order valence-corrected chi connectivity index (χ2v) is 8.56. The average molecular weight is 539 g/mol. The fourth-order valence-electron chi connectivity index (χ4n) is 3.77. The summed E-state index contributed by atoms with van der Waals surface area (Å²) in [6.07, 6.45) is 1.29. The van der Waals surface area contributed by atoms with Gasteiger partial charge in [0, 0.05) is 29.1 Å². The van der Waals surface area contributed by atoms with Gasteiger partial charge in [-0.1, -0.05) is 11.5 Å². The number of nitrogens with zero attached hydrogens (tertiary/aromatic N) is 6. The van der Waals surface area contributed by atoms with E-state index in [9.17, 15) is 24.3 Å². The Morgan fingerprint density at radius 2 is 1.87 bits per heavy atom. The molecule has 16 nitrogen and oxygen atoms in total. The third kappa shape index (κ3) is 7.62. The van der Waals surface area contributed by atoms with Crippen LogP contribution in [0.15, 0.2) is 40.4 Å². The smallest absolute Gasteiger partial charge is 0.329 e. The van der Waals surface area contributed by atoms with Crippen LogP contribution in [-0.4, -0.2) is 60.1 Å². The quantitative estimate of drug-likeness (QED) is 0.0745. The monoisotopic (exact) mass is 538 g/mol. The second-order valence-electron chi connectivity index (χ2n) is 8.56. The maximum absolute atomic E-state index is 12.9. The Hall–Kier alpha value is -5.24. The number of nitrogens with two attached hydrogens (primary N) is 1. The predicted molar refractivity (Wildman–Crippen MR) is 139 cm³/mol. The lowest BCUT2D eigenvalue weighted by Crippen LogP contribution is -2.54. The molecule has 0 radical (unpaired) electrons. The van der Waals surface area contributed by atoms with Crippen molar-refractivity contribution < 1.29 is 24.6 Å². The number of unbranched alkanes of at least 4 members (excludes halogenated alkanes) is 1. The Morgan fingerprint density at radius 3 is 2.54 bits per heavy atom. The van der Waals surface area contributed by atoms with Gasteiger partial charge in [0.2, 0.25) is 5.95 Å². The molecule has 7 N–H and O–H groups in total. The first-order chi connectivity index (χ1) is 18.6. The number of amides is 1. The summed E-state index contributed by atoms with van der Waals surface area (Å²) in [5.74, 6) is -3.30. The van der Waals surface area contributed by atoms with Crippen molar-refractivity contribution in [3.63, 3.8) is 0 Å². The molecule has 2 heterocycles. The van der Waals surface area contributed by atoms with E-state index in [0.717, 1.165) is 0 Å².